The van der Waals surface area contributed by atoms with Crippen molar-refractivity contribution in [2.45, 2.75) is 6.42 Å². The van der Waals surface area contributed by atoms with Crippen LogP contribution < -0.4 is 5.32 Å². The quantitative estimate of drug-likeness (QED) is 0.809. The van der Waals surface area contributed by atoms with Gasteiger partial charge in [0.1, 0.15) is 6.07 Å². The molecule has 0 unspecified atom stereocenters. The van der Waals surface area contributed by atoms with Crippen LogP contribution in [0.5, 0.6) is 0 Å². The van der Waals surface area contributed by atoms with Crippen molar-refractivity contribution in [2.24, 2.45) is 0 Å². The lowest BCUT2D eigenvalue weighted by Gasteiger charge is -2.05. The minimum Gasteiger partial charge on any atom is -0.384 e. The summed E-state index contributed by atoms with van der Waals surface area (Å²) >= 11 is 0. The summed E-state index contributed by atoms with van der Waals surface area (Å²) in [5.41, 5.74) is 1.00. The molecule has 1 N–H and O–H groups in total. The zero-order chi connectivity index (χ0) is 11.1. The Labute approximate surface area is 88.5 Å². The van der Waals surface area contributed by atoms with Crippen LogP contribution in [0.15, 0.2) is 24.3 Å². The number of benzene rings is 1. The Bertz CT molecular complexity index is 382. The number of carbonyl (C=O) groups is 1. The van der Waals surface area contributed by atoms with Crippen LogP contribution in [0.25, 0.3) is 0 Å². The summed E-state index contributed by atoms with van der Waals surface area (Å²) in [5, 5.41) is 11.4. The zero-order valence-electron chi connectivity index (χ0n) is 8.49. The number of carbonyl (C=O) groups excluding carboxylic acids is 1. The number of methoxy groups -OCH3 is 1. The number of hydrogen-bond donors (Lipinski definition) is 1. The van der Waals surface area contributed by atoms with Crippen molar-refractivity contribution in [3.63, 3.8) is 0 Å². The van der Waals surface area contributed by atoms with Gasteiger partial charge in [-0.05, 0) is 12.1 Å². The van der Waals surface area contributed by atoms with E-state index in [9.17, 15) is 4.79 Å². The topological polar surface area (TPSA) is 62.1 Å². The number of para-hydroxylation sites is 1. The summed E-state index contributed by atoms with van der Waals surface area (Å²) in [6.07, 6.45) is 0.288. The van der Waals surface area contributed by atoms with Gasteiger partial charge in [0.25, 0.3) is 0 Å². The van der Waals surface area contributed by atoms with Crippen LogP contribution in [0.4, 0.5) is 5.69 Å². The molecule has 1 aromatic rings. The molecule has 0 saturated heterocycles. The summed E-state index contributed by atoms with van der Waals surface area (Å²) in [6, 6.07) is 8.89. The molecular weight excluding hydrogens is 192 g/mol. The van der Waals surface area contributed by atoms with Gasteiger partial charge in [0, 0.05) is 7.11 Å². The normalized spacial score (nSPS) is 9.33. The molecule has 1 rings (SSSR count). The van der Waals surface area contributed by atoms with Crippen LogP contribution in [-0.4, -0.2) is 19.6 Å². The van der Waals surface area contributed by atoms with Crippen molar-refractivity contribution in [3.05, 3.63) is 29.8 Å². The number of rotatable bonds is 4. The molecule has 1 aromatic carbocycles. The number of nitrogens with zero attached hydrogens (tertiary/aromatic N) is 1. The third-order valence-corrected chi connectivity index (χ3v) is 1.85. The van der Waals surface area contributed by atoms with Crippen LogP contribution in [0.3, 0.4) is 0 Å². The lowest BCUT2D eigenvalue weighted by Crippen LogP contribution is -2.14. The van der Waals surface area contributed by atoms with Gasteiger partial charge in [0.2, 0.25) is 5.91 Å². The average molecular weight is 204 g/mol. The van der Waals surface area contributed by atoms with Gasteiger partial charge in [-0.15, -0.1) is 0 Å². The highest BCUT2D eigenvalue weighted by Crippen LogP contribution is 2.13. The molecule has 0 atom stereocenters. The zero-order valence-corrected chi connectivity index (χ0v) is 8.49. The molecule has 4 heteroatoms. The Balaban J connectivity index is 2.64. The molecule has 0 aliphatic carbocycles. The first-order valence-electron chi connectivity index (χ1n) is 4.56. The minimum atomic E-state index is -0.153. The van der Waals surface area contributed by atoms with E-state index in [2.05, 4.69) is 5.32 Å². The predicted octanol–water partition coefficient (Wildman–Crippen LogP) is 1.53. The molecule has 0 fully saturated rings. The van der Waals surface area contributed by atoms with Crippen molar-refractivity contribution in [1.82, 2.24) is 0 Å². The summed E-state index contributed by atoms with van der Waals surface area (Å²) in [4.78, 5) is 11.3. The third-order valence-electron chi connectivity index (χ3n) is 1.85. The second-order valence-electron chi connectivity index (χ2n) is 2.95. The number of ether oxygens (including phenoxy) is 1. The Kier molecular flexibility index (Phi) is 4.32. The largest absolute Gasteiger partial charge is 0.384 e. The van der Waals surface area contributed by atoms with Gasteiger partial charge in [-0.1, -0.05) is 12.1 Å². The van der Waals surface area contributed by atoms with Gasteiger partial charge in [0.05, 0.1) is 24.3 Å². The van der Waals surface area contributed by atoms with E-state index >= 15 is 0 Å². The van der Waals surface area contributed by atoms with Crippen molar-refractivity contribution in [3.8, 4) is 6.07 Å². The Morgan fingerprint density at radius 1 is 1.53 bits per heavy atom. The molecule has 0 aliphatic rings. The fraction of sp³-hybridized carbons (Fsp3) is 0.273. The Hall–Kier alpha value is -1.86. The fourth-order valence-corrected chi connectivity index (χ4v) is 1.10. The lowest BCUT2D eigenvalue weighted by molar-refractivity contribution is -0.117. The molecule has 0 aliphatic heterocycles. The summed E-state index contributed by atoms with van der Waals surface area (Å²) < 4.78 is 4.78. The van der Waals surface area contributed by atoms with Gasteiger partial charge in [-0.2, -0.15) is 5.26 Å². The first-order valence-corrected chi connectivity index (χ1v) is 4.56. The second-order valence-corrected chi connectivity index (χ2v) is 2.95. The molecule has 78 valence electrons. The van der Waals surface area contributed by atoms with Gasteiger partial charge >= 0.3 is 0 Å². The minimum absolute atomic E-state index is 0.153. The molecule has 1 amide bonds. The Morgan fingerprint density at radius 3 is 2.93 bits per heavy atom. The van der Waals surface area contributed by atoms with Gasteiger partial charge in [-0.25, -0.2) is 0 Å². The van der Waals surface area contributed by atoms with E-state index in [0.29, 0.717) is 17.9 Å². The van der Waals surface area contributed by atoms with E-state index in [4.69, 9.17) is 10.00 Å². The number of hydrogen-bond acceptors (Lipinski definition) is 3. The number of nitriles is 1. The molecule has 0 saturated carbocycles. The number of nitrogens with one attached hydrogen (secondary N) is 1. The van der Waals surface area contributed by atoms with Crippen LogP contribution in [0.2, 0.25) is 0 Å². The van der Waals surface area contributed by atoms with Crippen LogP contribution in [-0.2, 0) is 9.53 Å². The maximum Gasteiger partial charge on any atom is 0.226 e. The van der Waals surface area contributed by atoms with Crippen LogP contribution >= 0.6 is 0 Å². The standard InChI is InChI=1S/C11H12N2O2/c1-15-7-6-11(14)13-10-5-3-2-4-9(10)8-12/h2-5H,6-7H2,1H3,(H,13,14). The van der Waals surface area contributed by atoms with E-state index in [1.165, 1.54) is 7.11 Å². The van der Waals surface area contributed by atoms with Crippen LogP contribution in [0.1, 0.15) is 12.0 Å². The maximum absolute atomic E-state index is 11.3. The molecule has 15 heavy (non-hydrogen) atoms. The summed E-state index contributed by atoms with van der Waals surface area (Å²) in [6.45, 7) is 0.376. The molecule has 0 heterocycles. The van der Waals surface area contributed by atoms with E-state index in [1.807, 2.05) is 6.07 Å². The van der Waals surface area contributed by atoms with Gasteiger partial charge in [0.15, 0.2) is 0 Å². The van der Waals surface area contributed by atoms with E-state index in [0.717, 1.165) is 0 Å². The number of amides is 1. The third kappa shape index (κ3) is 3.41. The Morgan fingerprint density at radius 2 is 2.27 bits per heavy atom. The lowest BCUT2D eigenvalue weighted by atomic mass is 10.2. The summed E-state index contributed by atoms with van der Waals surface area (Å²) in [7, 11) is 1.54. The number of anilines is 1. The van der Waals surface area contributed by atoms with E-state index in [-0.39, 0.29) is 12.3 Å². The van der Waals surface area contributed by atoms with Crippen molar-refractivity contribution < 1.29 is 9.53 Å². The molecule has 0 spiro atoms. The fourth-order valence-electron chi connectivity index (χ4n) is 1.10. The van der Waals surface area contributed by atoms with E-state index < -0.39 is 0 Å². The first-order chi connectivity index (χ1) is 7.27. The highest BCUT2D eigenvalue weighted by molar-refractivity contribution is 5.92. The molecule has 0 aromatic heterocycles. The maximum atomic E-state index is 11.3. The van der Waals surface area contributed by atoms with Crippen molar-refractivity contribution in [2.75, 3.05) is 19.0 Å². The highest BCUT2D eigenvalue weighted by atomic mass is 16.5. The molecular formula is C11H12N2O2. The molecule has 4 nitrogen and oxygen atoms in total. The average Bonchev–Trinajstić information content (AvgIpc) is 2.27. The first kappa shape index (κ1) is 11.2. The van der Waals surface area contributed by atoms with Crippen LogP contribution in [0, 0.1) is 11.3 Å². The van der Waals surface area contributed by atoms with Crippen molar-refractivity contribution in [1.29, 1.82) is 5.26 Å². The van der Waals surface area contributed by atoms with Gasteiger partial charge < -0.3 is 10.1 Å². The highest BCUT2D eigenvalue weighted by Gasteiger charge is 2.05. The SMILES string of the molecule is COCCC(=O)Nc1ccccc1C#N. The molecule has 0 radical (unpaired) electrons. The predicted molar refractivity (Wildman–Crippen MR) is 56.3 cm³/mol. The van der Waals surface area contributed by atoms with Crippen molar-refractivity contribution >= 4 is 11.6 Å². The van der Waals surface area contributed by atoms with E-state index in [1.54, 1.807) is 24.3 Å². The molecule has 0 bridgehead atoms. The smallest absolute Gasteiger partial charge is 0.226 e. The second kappa shape index (κ2) is 5.78. The summed E-state index contributed by atoms with van der Waals surface area (Å²) in [5.74, 6) is -0.153. The monoisotopic (exact) mass is 204 g/mol. The van der Waals surface area contributed by atoms with Gasteiger partial charge in [-0.3, -0.25) is 4.79 Å².